The fourth-order valence-corrected chi connectivity index (χ4v) is 3.21. The molecule has 1 aliphatic carbocycles. The van der Waals surface area contributed by atoms with Crippen molar-refractivity contribution in [3.05, 3.63) is 45.8 Å². The van der Waals surface area contributed by atoms with Gasteiger partial charge in [-0.25, -0.2) is 8.42 Å². The first-order chi connectivity index (χ1) is 9.56. The van der Waals surface area contributed by atoms with Gasteiger partial charge in [0.2, 0.25) is 10.0 Å². The van der Waals surface area contributed by atoms with Crippen LogP contribution in [0.1, 0.15) is 24.0 Å². The minimum atomic E-state index is -3.59. The fraction of sp³-hybridized carbons (Fsp3) is 0.417. The molecular weight excluding hydrogens is 278 g/mol. The van der Waals surface area contributed by atoms with E-state index in [2.05, 4.69) is 10.0 Å². The van der Waals surface area contributed by atoms with Crippen LogP contribution in [0, 0.1) is 11.3 Å². The second-order valence-electron chi connectivity index (χ2n) is 4.56. The van der Waals surface area contributed by atoms with Crippen LogP contribution in [0.2, 0.25) is 0 Å². The molecule has 0 atom stereocenters. The third kappa shape index (κ3) is 3.48. The number of azide groups is 1. The van der Waals surface area contributed by atoms with Crippen LogP contribution < -0.4 is 0 Å². The van der Waals surface area contributed by atoms with E-state index in [9.17, 15) is 8.42 Å². The van der Waals surface area contributed by atoms with Crippen molar-refractivity contribution in [1.29, 1.82) is 5.26 Å². The summed E-state index contributed by atoms with van der Waals surface area (Å²) in [7, 11) is -3.59. The molecule has 104 valence electrons. The Hall–Kier alpha value is -2.07. The standard InChI is InChI=1S/C12H13N5O2S/c13-7-10-1-3-11(4-2-10)8-17(12-5-6-12)20(18,19)9-15-16-14/h1-4,12H,5-6,8-9H2. The van der Waals surface area contributed by atoms with Crippen molar-refractivity contribution in [2.24, 2.45) is 5.11 Å². The second kappa shape index (κ2) is 5.92. The topological polar surface area (TPSA) is 110 Å². The summed E-state index contributed by atoms with van der Waals surface area (Å²) in [6, 6.07) is 8.78. The van der Waals surface area contributed by atoms with Crippen molar-refractivity contribution < 1.29 is 8.42 Å². The summed E-state index contributed by atoms with van der Waals surface area (Å²) in [4.78, 5) is 2.50. The van der Waals surface area contributed by atoms with E-state index < -0.39 is 15.9 Å². The second-order valence-corrected chi connectivity index (χ2v) is 6.45. The molecule has 2 rings (SSSR count). The van der Waals surface area contributed by atoms with Gasteiger partial charge in [-0.1, -0.05) is 17.2 Å². The summed E-state index contributed by atoms with van der Waals surface area (Å²) in [5.41, 5.74) is 9.59. The predicted molar refractivity (Wildman–Crippen MR) is 72.7 cm³/mol. The van der Waals surface area contributed by atoms with Gasteiger partial charge in [-0.15, -0.1) is 0 Å². The Morgan fingerprint density at radius 2 is 2.05 bits per heavy atom. The van der Waals surface area contributed by atoms with Crippen molar-refractivity contribution >= 4 is 10.0 Å². The molecule has 1 aromatic carbocycles. The molecule has 1 fully saturated rings. The van der Waals surface area contributed by atoms with Crippen LogP contribution in [0.4, 0.5) is 0 Å². The predicted octanol–water partition coefficient (Wildman–Crippen LogP) is 2.12. The summed E-state index contributed by atoms with van der Waals surface area (Å²) in [6.07, 6.45) is 1.65. The number of hydrogen-bond donors (Lipinski definition) is 0. The summed E-state index contributed by atoms with van der Waals surface area (Å²) in [5.74, 6) is -0.559. The van der Waals surface area contributed by atoms with Crippen LogP contribution in [0.15, 0.2) is 29.4 Å². The van der Waals surface area contributed by atoms with E-state index in [1.54, 1.807) is 24.3 Å². The quantitative estimate of drug-likeness (QED) is 0.454. The lowest BCUT2D eigenvalue weighted by atomic mass is 10.1. The Balaban J connectivity index is 2.17. The van der Waals surface area contributed by atoms with Crippen molar-refractivity contribution in [3.8, 4) is 6.07 Å². The number of benzene rings is 1. The van der Waals surface area contributed by atoms with Gasteiger partial charge in [0.05, 0.1) is 11.6 Å². The van der Waals surface area contributed by atoms with Crippen LogP contribution >= 0.6 is 0 Å². The minimum absolute atomic E-state index is 0.00969. The normalized spacial score (nSPS) is 14.6. The Bertz CT molecular complexity index is 667. The van der Waals surface area contributed by atoms with E-state index >= 15 is 0 Å². The molecule has 0 spiro atoms. The molecule has 1 saturated carbocycles. The number of sulfonamides is 1. The Labute approximate surface area is 117 Å². The molecule has 7 nitrogen and oxygen atoms in total. The van der Waals surface area contributed by atoms with Crippen LogP contribution in [0.25, 0.3) is 10.4 Å². The first kappa shape index (κ1) is 14.3. The van der Waals surface area contributed by atoms with Crippen molar-refractivity contribution in [2.45, 2.75) is 25.4 Å². The van der Waals surface area contributed by atoms with Crippen molar-refractivity contribution in [1.82, 2.24) is 4.31 Å². The first-order valence-electron chi connectivity index (χ1n) is 6.06. The zero-order valence-electron chi connectivity index (χ0n) is 10.7. The van der Waals surface area contributed by atoms with Crippen LogP contribution in [0.5, 0.6) is 0 Å². The minimum Gasteiger partial charge on any atom is -0.212 e. The maximum absolute atomic E-state index is 12.1. The highest BCUT2D eigenvalue weighted by molar-refractivity contribution is 7.89. The van der Waals surface area contributed by atoms with Crippen LogP contribution in [-0.2, 0) is 16.6 Å². The third-order valence-electron chi connectivity index (χ3n) is 3.02. The van der Waals surface area contributed by atoms with Gasteiger partial charge in [-0.05, 0) is 36.1 Å². The highest BCUT2D eigenvalue weighted by atomic mass is 32.2. The van der Waals surface area contributed by atoms with Gasteiger partial charge in [0.15, 0.2) is 0 Å². The van der Waals surface area contributed by atoms with E-state index in [4.69, 9.17) is 10.8 Å². The average molecular weight is 291 g/mol. The summed E-state index contributed by atoms with van der Waals surface area (Å²) < 4.78 is 25.6. The molecule has 8 heteroatoms. The molecule has 0 amide bonds. The largest absolute Gasteiger partial charge is 0.220 e. The molecule has 0 saturated heterocycles. The molecule has 20 heavy (non-hydrogen) atoms. The molecule has 1 aliphatic rings. The Kier molecular flexibility index (Phi) is 4.25. The smallest absolute Gasteiger partial charge is 0.212 e. The monoisotopic (exact) mass is 291 g/mol. The summed E-state index contributed by atoms with van der Waals surface area (Å²) in [6.45, 7) is 0.236. The average Bonchev–Trinajstić information content (AvgIpc) is 3.27. The Morgan fingerprint density at radius 1 is 1.40 bits per heavy atom. The van der Waals surface area contributed by atoms with Gasteiger partial charge in [0, 0.05) is 17.5 Å². The van der Waals surface area contributed by atoms with E-state index in [1.807, 2.05) is 6.07 Å². The van der Waals surface area contributed by atoms with Crippen molar-refractivity contribution in [2.75, 3.05) is 5.88 Å². The first-order valence-corrected chi connectivity index (χ1v) is 7.67. The van der Waals surface area contributed by atoms with Gasteiger partial charge in [0.25, 0.3) is 0 Å². The van der Waals surface area contributed by atoms with E-state index in [0.717, 1.165) is 18.4 Å². The lowest BCUT2D eigenvalue weighted by Gasteiger charge is -2.20. The fourth-order valence-electron chi connectivity index (χ4n) is 1.85. The molecule has 0 bridgehead atoms. The lowest BCUT2D eigenvalue weighted by molar-refractivity contribution is 0.399. The van der Waals surface area contributed by atoms with Gasteiger partial charge >= 0.3 is 0 Å². The SMILES string of the molecule is N#Cc1ccc(CN(C2CC2)S(=O)(=O)CN=[N+]=[N-])cc1. The number of nitrogens with zero attached hydrogens (tertiary/aromatic N) is 5. The van der Waals surface area contributed by atoms with E-state index in [0.29, 0.717) is 5.56 Å². The maximum atomic E-state index is 12.1. The van der Waals surface area contributed by atoms with E-state index in [-0.39, 0.29) is 12.6 Å². The third-order valence-corrected chi connectivity index (χ3v) is 4.60. The molecule has 0 aliphatic heterocycles. The molecule has 0 radical (unpaired) electrons. The number of hydrogen-bond acceptors (Lipinski definition) is 4. The summed E-state index contributed by atoms with van der Waals surface area (Å²) >= 11 is 0. The molecule has 0 unspecified atom stereocenters. The summed E-state index contributed by atoms with van der Waals surface area (Å²) in [5, 5.41) is 11.9. The number of nitriles is 1. The van der Waals surface area contributed by atoms with Gasteiger partial charge in [0.1, 0.15) is 5.88 Å². The van der Waals surface area contributed by atoms with Crippen LogP contribution in [-0.4, -0.2) is 24.6 Å². The maximum Gasteiger partial charge on any atom is 0.220 e. The molecular formula is C12H13N5O2S. The van der Waals surface area contributed by atoms with E-state index in [1.165, 1.54) is 4.31 Å². The molecule has 0 aromatic heterocycles. The van der Waals surface area contributed by atoms with Crippen molar-refractivity contribution in [3.63, 3.8) is 0 Å². The Morgan fingerprint density at radius 3 is 2.55 bits per heavy atom. The zero-order chi connectivity index (χ0) is 14.6. The molecule has 1 aromatic rings. The zero-order valence-corrected chi connectivity index (χ0v) is 11.5. The molecule has 0 heterocycles. The highest BCUT2D eigenvalue weighted by Crippen LogP contribution is 2.31. The number of rotatable bonds is 6. The van der Waals surface area contributed by atoms with Gasteiger partial charge < -0.3 is 0 Å². The van der Waals surface area contributed by atoms with Gasteiger partial charge in [-0.3, -0.25) is 0 Å². The molecule has 0 N–H and O–H groups in total. The highest BCUT2D eigenvalue weighted by Gasteiger charge is 2.36. The van der Waals surface area contributed by atoms with Crippen LogP contribution in [0.3, 0.4) is 0 Å². The van der Waals surface area contributed by atoms with Gasteiger partial charge in [-0.2, -0.15) is 9.57 Å². The lowest BCUT2D eigenvalue weighted by Crippen LogP contribution is -2.34.